The van der Waals surface area contributed by atoms with Crippen LogP contribution in [0, 0.1) is 13.8 Å². The third-order valence-corrected chi connectivity index (χ3v) is 3.73. The lowest BCUT2D eigenvalue weighted by molar-refractivity contribution is -0.157. The largest absolute Gasteiger partial charge is 0.483 e. The van der Waals surface area contributed by atoms with Crippen molar-refractivity contribution in [2.75, 3.05) is 19.7 Å². The van der Waals surface area contributed by atoms with Gasteiger partial charge in [-0.3, -0.25) is 4.79 Å². The van der Waals surface area contributed by atoms with E-state index in [0.717, 1.165) is 16.9 Å². The Morgan fingerprint density at radius 1 is 1.37 bits per heavy atom. The number of hydrogen-bond acceptors (Lipinski definition) is 3. The van der Waals surface area contributed by atoms with Crippen LogP contribution in [-0.4, -0.2) is 41.2 Å². The number of aryl methyl sites for hydroxylation is 2. The van der Waals surface area contributed by atoms with E-state index in [2.05, 4.69) is 0 Å². The van der Waals surface area contributed by atoms with Gasteiger partial charge in [0.25, 0.3) is 5.91 Å². The lowest BCUT2D eigenvalue weighted by Gasteiger charge is -2.45. The number of carbonyl (C=O) groups excluding carboxylic acids is 1. The van der Waals surface area contributed by atoms with E-state index in [1.165, 1.54) is 0 Å². The van der Waals surface area contributed by atoms with E-state index in [-0.39, 0.29) is 12.5 Å². The fraction of sp³-hybridized carbons (Fsp3) is 0.533. The Labute approximate surface area is 114 Å². The van der Waals surface area contributed by atoms with E-state index in [4.69, 9.17) is 4.74 Å². The van der Waals surface area contributed by atoms with Gasteiger partial charge in [-0.15, -0.1) is 0 Å². The number of nitrogens with zero attached hydrogens (tertiary/aromatic N) is 1. The number of aliphatic hydroxyl groups is 1. The number of likely N-dealkylation sites (tertiary alicyclic amines) is 1. The van der Waals surface area contributed by atoms with Crippen LogP contribution in [0.5, 0.6) is 5.75 Å². The van der Waals surface area contributed by atoms with E-state index in [0.29, 0.717) is 19.5 Å². The molecule has 0 spiro atoms. The maximum atomic E-state index is 11.9. The molecule has 0 unspecified atom stereocenters. The molecule has 0 bridgehead atoms. The first-order valence-electron chi connectivity index (χ1n) is 6.64. The average molecular weight is 263 g/mol. The van der Waals surface area contributed by atoms with E-state index in [1.54, 1.807) is 4.90 Å². The summed E-state index contributed by atoms with van der Waals surface area (Å²) in [6.45, 7) is 6.72. The molecule has 1 saturated heterocycles. The van der Waals surface area contributed by atoms with Crippen LogP contribution in [0.15, 0.2) is 18.2 Å². The van der Waals surface area contributed by atoms with E-state index < -0.39 is 5.60 Å². The molecule has 0 atom stereocenters. The monoisotopic (exact) mass is 263 g/mol. The number of amides is 1. The molecular weight excluding hydrogens is 242 g/mol. The van der Waals surface area contributed by atoms with E-state index in [9.17, 15) is 9.90 Å². The molecule has 0 aromatic heterocycles. The molecule has 1 N–H and O–H groups in total. The van der Waals surface area contributed by atoms with E-state index in [1.807, 2.05) is 39.0 Å². The first-order chi connectivity index (χ1) is 8.95. The SMILES string of the molecule is CCC1(O)CN(C(=O)COc2c(C)cccc2C)C1. The molecule has 1 amide bonds. The minimum Gasteiger partial charge on any atom is -0.483 e. The molecule has 1 fully saturated rings. The Balaban J connectivity index is 1.88. The van der Waals surface area contributed by atoms with Crippen molar-refractivity contribution < 1.29 is 14.6 Å². The lowest BCUT2D eigenvalue weighted by Crippen LogP contribution is -2.63. The van der Waals surface area contributed by atoms with Crippen LogP contribution in [0.4, 0.5) is 0 Å². The minimum absolute atomic E-state index is 0.0332. The molecule has 1 aliphatic heterocycles. The van der Waals surface area contributed by atoms with Crippen molar-refractivity contribution in [1.82, 2.24) is 4.90 Å². The third kappa shape index (κ3) is 2.89. The summed E-state index contributed by atoms with van der Waals surface area (Å²) in [6.07, 6.45) is 0.675. The molecule has 4 heteroatoms. The molecule has 1 heterocycles. The number of ether oxygens (including phenoxy) is 1. The number of carbonyl (C=O) groups is 1. The van der Waals surface area contributed by atoms with Crippen LogP contribution in [0.1, 0.15) is 24.5 Å². The second kappa shape index (κ2) is 5.21. The second-order valence-corrected chi connectivity index (χ2v) is 5.34. The van der Waals surface area contributed by atoms with Crippen molar-refractivity contribution in [3.05, 3.63) is 29.3 Å². The van der Waals surface area contributed by atoms with Crippen molar-refractivity contribution in [3.8, 4) is 5.75 Å². The third-order valence-electron chi connectivity index (χ3n) is 3.73. The summed E-state index contributed by atoms with van der Waals surface area (Å²) in [6, 6.07) is 5.90. The highest BCUT2D eigenvalue weighted by Crippen LogP contribution is 2.25. The summed E-state index contributed by atoms with van der Waals surface area (Å²) in [5.74, 6) is 0.711. The van der Waals surface area contributed by atoms with Crippen molar-refractivity contribution in [1.29, 1.82) is 0 Å². The molecule has 0 aliphatic carbocycles. The predicted octanol–water partition coefficient (Wildman–Crippen LogP) is 1.67. The zero-order valence-corrected chi connectivity index (χ0v) is 11.8. The van der Waals surface area contributed by atoms with Gasteiger partial charge in [0.05, 0.1) is 18.7 Å². The van der Waals surface area contributed by atoms with Gasteiger partial charge in [0.15, 0.2) is 6.61 Å². The quantitative estimate of drug-likeness (QED) is 0.899. The van der Waals surface area contributed by atoms with Crippen LogP contribution in [0.25, 0.3) is 0 Å². The van der Waals surface area contributed by atoms with Gasteiger partial charge >= 0.3 is 0 Å². The predicted molar refractivity (Wildman–Crippen MR) is 73.2 cm³/mol. The summed E-state index contributed by atoms with van der Waals surface area (Å²) < 4.78 is 5.62. The van der Waals surface area contributed by atoms with Gasteiger partial charge in [0, 0.05) is 0 Å². The van der Waals surface area contributed by atoms with Gasteiger partial charge in [-0.25, -0.2) is 0 Å². The second-order valence-electron chi connectivity index (χ2n) is 5.34. The molecule has 104 valence electrons. The summed E-state index contributed by atoms with van der Waals surface area (Å²) in [4.78, 5) is 13.6. The Bertz CT molecular complexity index is 458. The molecule has 0 saturated carbocycles. The molecule has 0 radical (unpaired) electrons. The highest BCUT2D eigenvalue weighted by molar-refractivity contribution is 5.79. The standard InChI is InChI=1S/C15H21NO3/c1-4-15(18)9-16(10-15)13(17)8-19-14-11(2)6-5-7-12(14)3/h5-7,18H,4,8-10H2,1-3H3. The van der Waals surface area contributed by atoms with Crippen LogP contribution >= 0.6 is 0 Å². The molecule has 4 nitrogen and oxygen atoms in total. The zero-order chi connectivity index (χ0) is 14.0. The molecule has 2 rings (SSSR count). The Morgan fingerprint density at radius 2 is 1.95 bits per heavy atom. The number of para-hydroxylation sites is 1. The number of benzene rings is 1. The fourth-order valence-electron chi connectivity index (χ4n) is 2.32. The number of rotatable bonds is 4. The van der Waals surface area contributed by atoms with Crippen molar-refractivity contribution >= 4 is 5.91 Å². The van der Waals surface area contributed by atoms with Gasteiger partial charge in [-0.1, -0.05) is 25.1 Å². The maximum absolute atomic E-state index is 11.9. The highest BCUT2D eigenvalue weighted by atomic mass is 16.5. The highest BCUT2D eigenvalue weighted by Gasteiger charge is 2.41. The first-order valence-corrected chi connectivity index (χ1v) is 6.64. The Morgan fingerprint density at radius 3 is 2.47 bits per heavy atom. The van der Waals surface area contributed by atoms with Crippen LogP contribution < -0.4 is 4.74 Å². The van der Waals surface area contributed by atoms with Crippen LogP contribution in [0.2, 0.25) is 0 Å². The molecule has 1 aromatic carbocycles. The van der Waals surface area contributed by atoms with Gasteiger partial charge in [-0.05, 0) is 31.4 Å². The smallest absolute Gasteiger partial charge is 0.260 e. The summed E-state index contributed by atoms with van der Waals surface area (Å²) in [5, 5.41) is 9.88. The summed E-state index contributed by atoms with van der Waals surface area (Å²) >= 11 is 0. The summed E-state index contributed by atoms with van der Waals surface area (Å²) in [7, 11) is 0. The lowest BCUT2D eigenvalue weighted by atomic mass is 9.91. The number of β-amino-alcohol motifs (C(OH)–C–C–N with tert-alkyl or cyclic N) is 1. The fourth-order valence-corrected chi connectivity index (χ4v) is 2.32. The maximum Gasteiger partial charge on any atom is 0.260 e. The van der Waals surface area contributed by atoms with Crippen LogP contribution in [-0.2, 0) is 4.79 Å². The van der Waals surface area contributed by atoms with Crippen LogP contribution in [0.3, 0.4) is 0 Å². The number of hydrogen-bond donors (Lipinski definition) is 1. The van der Waals surface area contributed by atoms with Gasteiger partial charge in [0.1, 0.15) is 5.75 Å². The molecular formula is C15H21NO3. The van der Waals surface area contributed by atoms with Gasteiger partial charge in [-0.2, -0.15) is 0 Å². The van der Waals surface area contributed by atoms with Crippen molar-refractivity contribution in [3.63, 3.8) is 0 Å². The molecule has 1 aromatic rings. The van der Waals surface area contributed by atoms with Gasteiger partial charge in [0.2, 0.25) is 0 Å². The molecule has 19 heavy (non-hydrogen) atoms. The zero-order valence-electron chi connectivity index (χ0n) is 11.8. The van der Waals surface area contributed by atoms with Gasteiger partial charge < -0.3 is 14.7 Å². The van der Waals surface area contributed by atoms with Crippen molar-refractivity contribution in [2.24, 2.45) is 0 Å². The minimum atomic E-state index is -0.686. The molecule has 1 aliphatic rings. The summed E-state index contributed by atoms with van der Waals surface area (Å²) in [5.41, 5.74) is 1.37. The topological polar surface area (TPSA) is 49.8 Å². The Kier molecular flexibility index (Phi) is 3.80. The first kappa shape index (κ1) is 13.9. The Hall–Kier alpha value is -1.55. The average Bonchev–Trinajstić information content (AvgIpc) is 2.34. The van der Waals surface area contributed by atoms with E-state index >= 15 is 0 Å². The normalized spacial score (nSPS) is 16.9. The van der Waals surface area contributed by atoms with Crippen molar-refractivity contribution in [2.45, 2.75) is 32.8 Å².